The molecule has 0 bridgehead atoms. The van der Waals surface area contributed by atoms with Crippen LogP contribution in [0, 0.1) is 5.92 Å². The van der Waals surface area contributed by atoms with Crippen LogP contribution in [0.1, 0.15) is 42.9 Å². The standard InChI is InChI=1S/C24H31N3O/c1-26(2)21-13-11-19(12-14-21)23(17-25-24(28)20-8-3-4-9-20)27-16-15-18-7-5-6-10-22(18)27/h5-7,10-14,20,23H,3-4,8-9,15-17H2,1-2H3,(H,25,28)/t23-/m1/s1. The summed E-state index contributed by atoms with van der Waals surface area (Å²) in [5.74, 6) is 0.447. The molecular weight excluding hydrogens is 346 g/mol. The lowest BCUT2D eigenvalue weighted by Gasteiger charge is -2.32. The molecule has 2 aromatic carbocycles. The second-order valence-corrected chi connectivity index (χ2v) is 8.30. The maximum absolute atomic E-state index is 12.6. The molecule has 0 saturated heterocycles. The first-order chi connectivity index (χ1) is 13.6. The van der Waals surface area contributed by atoms with Crippen molar-refractivity contribution in [3.05, 3.63) is 59.7 Å². The Balaban J connectivity index is 1.57. The Morgan fingerprint density at radius 1 is 1.11 bits per heavy atom. The summed E-state index contributed by atoms with van der Waals surface area (Å²) in [4.78, 5) is 17.2. The minimum atomic E-state index is 0.158. The number of amides is 1. The fourth-order valence-corrected chi connectivity index (χ4v) is 4.62. The molecule has 0 aromatic heterocycles. The topological polar surface area (TPSA) is 35.6 Å². The maximum Gasteiger partial charge on any atom is 0.223 e. The van der Waals surface area contributed by atoms with E-state index in [0.717, 1.165) is 25.8 Å². The third-order valence-electron chi connectivity index (χ3n) is 6.29. The molecule has 2 aliphatic rings. The predicted octanol–water partition coefficient (Wildman–Crippen LogP) is 4.16. The van der Waals surface area contributed by atoms with E-state index in [9.17, 15) is 4.79 Å². The van der Waals surface area contributed by atoms with Crippen LogP contribution in [0.2, 0.25) is 0 Å². The molecule has 1 aliphatic heterocycles. The van der Waals surface area contributed by atoms with Gasteiger partial charge < -0.3 is 15.1 Å². The quantitative estimate of drug-likeness (QED) is 0.821. The van der Waals surface area contributed by atoms with Gasteiger partial charge in [-0.25, -0.2) is 0 Å². The van der Waals surface area contributed by atoms with Gasteiger partial charge in [-0.15, -0.1) is 0 Å². The first-order valence-corrected chi connectivity index (χ1v) is 10.5. The first kappa shape index (κ1) is 18.9. The third-order valence-corrected chi connectivity index (χ3v) is 6.29. The summed E-state index contributed by atoms with van der Waals surface area (Å²) in [6.45, 7) is 1.66. The van der Waals surface area contributed by atoms with Crippen molar-refractivity contribution in [2.75, 3.05) is 37.0 Å². The maximum atomic E-state index is 12.6. The minimum Gasteiger partial charge on any atom is -0.378 e. The molecule has 1 saturated carbocycles. The third kappa shape index (κ3) is 3.87. The van der Waals surface area contributed by atoms with Gasteiger partial charge in [0.2, 0.25) is 5.91 Å². The van der Waals surface area contributed by atoms with Crippen molar-refractivity contribution in [1.82, 2.24) is 5.32 Å². The van der Waals surface area contributed by atoms with E-state index < -0.39 is 0 Å². The van der Waals surface area contributed by atoms with E-state index in [1.54, 1.807) is 0 Å². The van der Waals surface area contributed by atoms with Crippen molar-refractivity contribution in [1.29, 1.82) is 0 Å². The van der Waals surface area contributed by atoms with Crippen LogP contribution in [-0.4, -0.2) is 33.1 Å². The van der Waals surface area contributed by atoms with Crippen molar-refractivity contribution in [2.45, 2.75) is 38.1 Å². The van der Waals surface area contributed by atoms with Crippen molar-refractivity contribution in [3.63, 3.8) is 0 Å². The number of hydrogen-bond donors (Lipinski definition) is 1. The number of fused-ring (bicyclic) bond motifs is 1. The van der Waals surface area contributed by atoms with Gasteiger partial charge in [0.25, 0.3) is 0 Å². The molecule has 4 rings (SSSR count). The fraction of sp³-hybridized carbons (Fsp3) is 0.458. The van der Waals surface area contributed by atoms with Crippen molar-refractivity contribution in [3.8, 4) is 0 Å². The monoisotopic (exact) mass is 377 g/mol. The van der Waals surface area contributed by atoms with Gasteiger partial charge in [0.05, 0.1) is 6.04 Å². The average molecular weight is 378 g/mol. The lowest BCUT2D eigenvalue weighted by atomic mass is 10.0. The van der Waals surface area contributed by atoms with Gasteiger partial charge in [-0.05, 0) is 48.6 Å². The van der Waals surface area contributed by atoms with Crippen LogP contribution in [0.3, 0.4) is 0 Å². The SMILES string of the molecule is CN(C)c1ccc([C@@H](CNC(=O)C2CCCC2)N2CCc3ccccc32)cc1. The predicted molar refractivity (Wildman–Crippen MR) is 116 cm³/mol. The summed E-state index contributed by atoms with van der Waals surface area (Å²) in [7, 11) is 4.12. The zero-order chi connectivity index (χ0) is 19.5. The molecule has 1 amide bonds. The molecule has 0 unspecified atom stereocenters. The summed E-state index contributed by atoms with van der Waals surface area (Å²) in [6, 6.07) is 17.6. The van der Waals surface area contributed by atoms with E-state index in [4.69, 9.17) is 0 Å². The molecule has 1 atom stereocenters. The second kappa shape index (κ2) is 8.26. The van der Waals surface area contributed by atoms with Crippen LogP contribution < -0.4 is 15.1 Å². The molecule has 1 N–H and O–H groups in total. The van der Waals surface area contributed by atoms with Gasteiger partial charge in [-0.1, -0.05) is 43.2 Å². The minimum absolute atomic E-state index is 0.158. The normalized spacial score (nSPS) is 17.4. The zero-order valence-corrected chi connectivity index (χ0v) is 17.0. The molecule has 0 spiro atoms. The number of para-hydroxylation sites is 1. The van der Waals surface area contributed by atoms with E-state index in [2.05, 4.69) is 77.7 Å². The summed E-state index contributed by atoms with van der Waals surface area (Å²) in [5, 5.41) is 3.28. The largest absolute Gasteiger partial charge is 0.378 e. The molecule has 1 heterocycles. The van der Waals surface area contributed by atoms with Crippen LogP contribution in [-0.2, 0) is 11.2 Å². The number of anilines is 2. The van der Waals surface area contributed by atoms with E-state index in [0.29, 0.717) is 6.54 Å². The fourth-order valence-electron chi connectivity index (χ4n) is 4.62. The highest BCUT2D eigenvalue weighted by Gasteiger charge is 2.29. The van der Waals surface area contributed by atoms with Crippen molar-refractivity contribution >= 4 is 17.3 Å². The Kier molecular flexibility index (Phi) is 5.56. The smallest absolute Gasteiger partial charge is 0.223 e. The lowest BCUT2D eigenvalue weighted by Crippen LogP contribution is -2.39. The van der Waals surface area contributed by atoms with Gasteiger partial charge in [0.1, 0.15) is 0 Å². The van der Waals surface area contributed by atoms with E-state index in [1.807, 2.05) is 0 Å². The number of nitrogens with zero attached hydrogens (tertiary/aromatic N) is 2. The van der Waals surface area contributed by atoms with Crippen LogP contribution >= 0.6 is 0 Å². The summed E-state index contributed by atoms with van der Waals surface area (Å²) >= 11 is 0. The van der Waals surface area contributed by atoms with Crippen LogP contribution in [0.15, 0.2) is 48.5 Å². The molecule has 4 heteroatoms. The Morgan fingerprint density at radius 2 is 1.82 bits per heavy atom. The van der Waals surface area contributed by atoms with Crippen molar-refractivity contribution < 1.29 is 4.79 Å². The van der Waals surface area contributed by atoms with Crippen LogP contribution in [0.4, 0.5) is 11.4 Å². The number of carbonyl (C=O) groups is 1. The summed E-state index contributed by atoms with van der Waals surface area (Å²) < 4.78 is 0. The van der Waals surface area contributed by atoms with Gasteiger partial charge >= 0.3 is 0 Å². The van der Waals surface area contributed by atoms with E-state index >= 15 is 0 Å². The molecule has 2 aromatic rings. The number of carbonyl (C=O) groups excluding carboxylic acids is 1. The van der Waals surface area contributed by atoms with E-state index in [-0.39, 0.29) is 17.9 Å². The number of benzene rings is 2. The van der Waals surface area contributed by atoms with Crippen molar-refractivity contribution in [2.24, 2.45) is 5.92 Å². The number of nitrogens with one attached hydrogen (secondary N) is 1. The molecule has 28 heavy (non-hydrogen) atoms. The Labute approximate surface area is 168 Å². The number of hydrogen-bond acceptors (Lipinski definition) is 3. The lowest BCUT2D eigenvalue weighted by molar-refractivity contribution is -0.124. The molecular formula is C24H31N3O. The summed E-state index contributed by atoms with van der Waals surface area (Å²) in [6.07, 6.45) is 5.53. The average Bonchev–Trinajstić information content (AvgIpc) is 3.39. The molecule has 148 valence electrons. The zero-order valence-electron chi connectivity index (χ0n) is 17.0. The van der Waals surface area contributed by atoms with Crippen LogP contribution in [0.5, 0.6) is 0 Å². The highest BCUT2D eigenvalue weighted by molar-refractivity contribution is 5.79. The van der Waals surface area contributed by atoms with Gasteiger partial charge in [-0.2, -0.15) is 0 Å². The van der Waals surface area contributed by atoms with E-state index in [1.165, 1.54) is 35.3 Å². The van der Waals surface area contributed by atoms with Gasteiger partial charge in [0.15, 0.2) is 0 Å². The summed E-state index contributed by atoms with van der Waals surface area (Å²) in [5.41, 5.74) is 5.16. The Hall–Kier alpha value is -2.49. The first-order valence-electron chi connectivity index (χ1n) is 10.5. The molecule has 4 nitrogen and oxygen atoms in total. The molecule has 1 fully saturated rings. The Bertz CT molecular complexity index is 809. The second-order valence-electron chi connectivity index (χ2n) is 8.30. The van der Waals surface area contributed by atoms with Gasteiger partial charge in [0, 0.05) is 44.5 Å². The number of rotatable bonds is 6. The molecule has 0 radical (unpaired) electrons. The van der Waals surface area contributed by atoms with Crippen LogP contribution in [0.25, 0.3) is 0 Å². The Morgan fingerprint density at radius 3 is 2.54 bits per heavy atom. The van der Waals surface area contributed by atoms with Gasteiger partial charge in [-0.3, -0.25) is 4.79 Å². The molecule has 1 aliphatic carbocycles. The highest BCUT2D eigenvalue weighted by atomic mass is 16.1. The highest BCUT2D eigenvalue weighted by Crippen LogP contribution is 2.35.